The lowest BCUT2D eigenvalue weighted by Gasteiger charge is -2.38. The third-order valence-corrected chi connectivity index (χ3v) is 4.88. The third kappa shape index (κ3) is 5.43. The van der Waals surface area contributed by atoms with Crippen LogP contribution in [-0.4, -0.2) is 37.1 Å². The van der Waals surface area contributed by atoms with Gasteiger partial charge in [-0.3, -0.25) is 0 Å². The van der Waals surface area contributed by atoms with E-state index < -0.39 is 0 Å². The second kappa shape index (κ2) is 8.26. The molecule has 1 unspecified atom stereocenters. The fourth-order valence-corrected chi connectivity index (χ4v) is 3.41. The van der Waals surface area contributed by atoms with Crippen molar-refractivity contribution in [3.05, 3.63) is 0 Å². The van der Waals surface area contributed by atoms with Gasteiger partial charge in [0.05, 0.1) is 0 Å². The van der Waals surface area contributed by atoms with Crippen molar-refractivity contribution in [3.63, 3.8) is 0 Å². The van der Waals surface area contributed by atoms with Gasteiger partial charge in [0, 0.05) is 19.1 Å². The molecule has 0 aromatic carbocycles. The van der Waals surface area contributed by atoms with E-state index in [2.05, 4.69) is 44.8 Å². The Balaban J connectivity index is 2.54. The molecule has 0 heterocycles. The molecule has 1 N–H and O–H groups in total. The first-order valence-corrected chi connectivity index (χ1v) is 8.47. The summed E-state index contributed by atoms with van der Waals surface area (Å²) >= 11 is 0. The maximum Gasteiger partial charge on any atom is 0.00644 e. The van der Waals surface area contributed by atoms with Crippen molar-refractivity contribution < 1.29 is 0 Å². The second-order valence-corrected chi connectivity index (χ2v) is 7.05. The molecule has 0 saturated heterocycles. The number of nitrogens with zero attached hydrogens (tertiary/aromatic N) is 1. The molecular weight excluding hydrogens is 232 g/mol. The summed E-state index contributed by atoms with van der Waals surface area (Å²) in [5.74, 6) is 0.760. The molecule has 2 nitrogen and oxygen atoms in total. The van der Waals surface area contributed by atoms with Crippen LogP contribution in [0.25, 0.3) is 0 Å². The first kappa shape index (κ1) is 17.0. The molecule has 19 heavy (non-hydrogen) atoms. The van der Waals surface area contributed by atoms with E-state index in [9.17, 15) is 0 Å². The van der Waals surface area contributed by atoms with Gasteiger partial charge < -0.3 is 10.2 Å². The van der Waals surface area contributed by atoms with Crippen LogP contribution in [0.3, 0.4) is 0 Å². The van der Waals surface area contributed by atoms with Crippen LogP contribution in [0, 0.1) is 11.3 Å². The smallest absolute Gasteiger partial charge is 0.00644 e. The van der Waals surface area contributed by atoms with Crippen LogP contribution in [-0.2, 0) is 0 Å². The highest BCUT2D eigenvalue weighted by atomic mass is 15.2. The predicted molar refractivity (Wildman–Crippen MR) is 85.6 cm³/mol. The van der Waals surface area contributed by atoms with E-state index in [1.54, 1.807) is 0 Å². The first-order chi connectivity index (χ1) is 9.03. The van der Waals surface area contributed by atoms with Crippen molar-refractivity contribution in [2.45, 2.75) is 72.8 Å². The molecule has 0 amide bonds. The number of nitrogens with one attached hydrogen (secondary N) is 1. The second-order valence-electron chi connectivity index (χ2n) is 7.05. The van der Waals surface area contributed by atoms with Crippen LogP contribution in [0.4, 0.5) is 0 Å². The number of hydrogen-bond acceptors (Lipinski definition) is 2. The molecule has 2 heteroatoms. The highest BCUT2D eigenvalue weighted by Gasteiger charge is 2.35. The predicted octanol–water partition coefficient (Wildman–Crippen LogP) is 3.91. The summed E-state index contributed by atoms with van der Waals surface area (Å²) in [4.78, 5) is 2.70. The normalized spacial score (nSPS) is 20.4. The molecular formula is C17H36N2. The van der Waals surface area contributed by atoms with E-state index in [-0.39, 0.29) is 0 Å². The summed E-state index contributed by atoms with van der Waals surface area (Å²) in [6.45, 7) is 16.5. The summed E-state index contributed by atoms with van der Waals surface area (Å²) in [5, 5.41) is 3.73. The molecule has 1 saturated carbocycles. The van der Waals surface area contributed by atoms with Crippen molar-refractivity contribution in [1.82, 2.24) is 10.2 Å². The molecule has 1 rings (SSSR count). The maximum absolute atomic E-state index is 3.73. The van der Waals surface area contributed by atoms with Crippen LogP contribution in [0.5, 0.6) is 0 Å². The molecule has 1 atom stereocenters. The van der Waals surface area contributed by atoms with Gasteiger partial charge in [-0.25, -0.2) is 0 Å². The Morgan fingerprint density at radius 1 is 1.11 bits per heavy atom. The molecule has 0 aromatic heterocycles. The van der Waals surface area contributed by atoms with Gasteiger partial charge in [0.1, 0.15) is 0 Å². The standard InChI is InChI=1S/C17H36N2/c1-6-16(5)19(7-2)14-17(10-8-9-11-17)13-18-12-15(3)4/h15-16,18H,6-14H2,1-5H3. The van der Waals surface area contributed by atoms with Gasteiger partial charge in [0.2, 0.25) is 0 Å². The largest absolute Gasteiger partial charge is 0.316 e. The highest BCUT2D eigenvalue weighted by Crippen LogP contribution is 2.38. The van der Waals surface area contributed by atoms with Crippen LogP contribution in [0.15, 0.2) is 0 Å². The topological polar surface area (TPSA) is 15.3 Å². The molecule has 1 aliphatic rings. The average Bonchev–Trinajstić information content (AvgIpc) is 2.83. The van der Waals surface area contributed by atoms with Crippen LogP contribution >= 0.6 is 0 Å². The molecule has 1 aliphatic carbocycles. The monoisotopic (exact) mass is 268 g/mol. The Bertz CT molecular complexity index is 231. The van der Waals surface area contributed by atoms with Crippen LogP contribution < -0.4 is 5.32 Å². The summed E-state index contributed by atoms with van der Waals surface area (Å²) in [6, 6.07) is 0.729. The van der Waals surface area contributed by atoms with Gasteiger partial charge in [-0.05, 0) is 50.6 Å². The fraction of sp³-hybridized carbons (Fsp3) is 1.00. The van der Waals surface area contributed by atoms with Gasteiger partial charge in [0.25, 0.3) is 0 Å². The van der Waals surface area contributed by atoms with E-state index in [1.165, 1.54) is 51.7 Å². The quantitative estimate of drug-likeness (QED) is 0.682. The van der Waals surface area contributed by atoms with E-state index >= 15 is 0 Å². The van der Waals surface area contributed by atoms with E-state index in [0.29, 0.717) is 5.41 Å². The van der Waals surface area contributed by atoms with Crippen molar-refractivity contribution in [2.75, 3.05) is 26.2 Å². The zero-order valence-electron chi connectivity index (χ0n) is 14.0. The van der Waals surface area contributed by atoms with Gasteiger partial charge in [0.15, 0.2) is 0 Å². The average molecular weight is 268 g/mol. The molecule has 0 bridgehead atoms. The minimum atomic E-state index is 0.550. The minimum Gasteiger partial charge on any atom is -0.316 e. The summed E-state index contributed by atoms with van der Waals surface area (Å²) in [5.41, 5.74) is 0.550. The third-order valence-electron chi connectivity index (χ3n) is 4.88. The molecule has 0 aromatic rings. The molecule has 114 valence electrons. The fourth-order valence-electron chi connectivity index (χ4n) is 3.41. The lowest BCUT2D eigenvalue weighted by molar-refractivity contribution is 0.117. The SMILES string of the molecule is CCC(C)N(CC)CC1(CNCC(C)C)CCCC1. The number of hydrogen-bond donors (Lipinski definition) is 1. The summed E-state index contributed by atoms with van der Waals surface area (Å²) in [7, 11) is 0. The van der Waals surface area contributed by atoms with Crippen molar-refractivity contribution in [1.29, 1.82) is 0 Å². The molecule has 0 spiro atoms. The Kier molecular flexibility index (Phi) is 7.38. The van der Waals surface area contributed by atoms with E-state index in [1.807, 2.05) is 0 Å². The van der Waals surface area contributed by atoms with Crippen molar-refractivity contribution in [3.8, 4) is 0 Å². The Hall–Kier alpha value is -0.0800. The first-order valence-electron chi connectivity index (χ1n) is 8.47. The zero-order valence-corrected chi connectivity index (χ0v) is 14.0. The van der Waals surface area contributed by atoms with Gasteiger partial charge >= 0.3 is 0 Å². The molecule has 1 fully saturated rings. The molecule has 0 radical (unpaired) electrons. The maximum atomic E-state index is 3.73. The Morgan fingerprint density at radius 3 is 2.21 bits per heavy atom. The van der Waals surface area contributed by atoms with Crippen molar-refractivity contribution >= 4 is 0 Å². The lowest BCUT2D eigenvalue weighted by Crippen LogP contribution is -2.46. The van der Waals surface area contributed by atoms with E-state index in [0.717, 1.165) is 18.5 Å². The van der Waals surface area contributed by atoms with Gasteiger partial charge in [-0.2, -0.15) is 0 Å². The lowest BCUT2D eigenvalue weighted by atomic mass is 9.84. The minimum absolute atomic E-state index is 0.550. The van der Waals surface area contributed by atoms with Crippen LogP contribution in [0.1, 0.15) is 66.7 Å². The van der Waals surface area contributed by atoms with Gasteiger partial charge in [-0.15, -0.1) is 0 Å². The zero-order chi connectivity index (χ0) is 14.3. The summed E-state index contributed by atoms with van der Waals surface area (Å²) in [6.07, 6.45) is 6.97. The number of rotatable bonds is 9. The Morgan fingerprint density at radius 2 is 1.74 bits per heavy atom. The Labute approximate surface area is 121 Å². The highest BCUT2D eigenvalue weighted by molar-refractivity contribution is 4.90. The van der Waals surface area contributed by atoms with Gasteiger partial charge in [-0.1, -0.05) is 40.5 Å². The summed E-state index contributed by atoms with van der Waals surface area (Å²) < 4.78 is 0. The van der Waals surface area contributed by atoms with Crippen LogP contribution in [0.2, 0.25) is 0 Å². The van der Waals surface area contributed by atoms with E-state index in [4.69, 9.17) is 0 Å². The molecule has 0 aliphatic heterocycles. The van der Waals surface area contributed by atoms with Crippen molar-refractivity contribution in [2.24, 2.45) is 11.3 Å².